The second-order valence-corrected chi connectivity index (χ2v) is 3.45. The molecule has 0 spiro atoms. The van der Waals surface area contributed by atoms with Crippen LogP contribution >= 0.6 is 11.6 Å². The number of hydrazone groups is 1. The van der Waals surface area contributed by atoms with Gasteiger partial charge in [0.15, 0.2) is 5.71 Å². The molecule has 0 unspecified atom stereocenters. The maximum atomic E-state index is 11.0. The van der Waals surface area contributed by atoms with E-state index in [1.807, 2.05) is 0 Å². The second-order valence-electron chi connectivity index (χ2n) is 3.01. The number of nitrogens with one attached hydrogen (secondary N) is 2. The van der Waals surface area contributed by atoms with Crippen molar-refractivity contribution in [2.75, 3.05) is 12.0 Å². The Balaban J connectivity index is 2.47. The Bertz CT molecular complexity index is 429. The average molecular weight is 254 g/mol. The summed E-state index contributed by atoms with van der Waals surface area (Å²) in [6, 6.07) is 6.87. The van der Waals surface area contributed by atoms with Gasteiger partial charge in [0.2, 0.25) is 0 Å². The first-order chi connectivity index (χ1) is 8.13. The van der Waals surface area contributed by atoms with E-state index in [1.54, 1.807) is 31.2 Å². The molecule has 1 aromatic rings. The molecule has 6 heteroatoms. The van der Waals surface area contributed by atoms with Crippen molar-refractivity contribution in [2.24, 2.45) is 5.10 Å². The summed E-state index contributed by atoms with van der Waals surface area (Å²) in [6.45, 7) is 1.91. The number of halogens is 1. The Morgan fingerprint density at radius 2 is 2.18 bits per heavy atom. The summed E-state index contributed by atoms with van der Waals surface area (Å²) in [6.07, 6.45) is 1.09. The maximum Gasteiger partial charge on any atom is 0.357 e. The minimum absolute atomic E-state index is 0.236. The van der Waals surface area contributed by atoms with Crippen molar-refractivity contribution in [3.05, 3.63) is 29.3 Å². The second kappa shape index (κ2) is 6.65. The fourth-order valence-electron chi connectivity index (χ4n) is 0.957. The van der Waals surface area contributed by atoms with Crippen LogP contribution in [0.15, 0.2) is 29.4 Å². The van der Waals surface area contributed by atoms with E-state index < -0.39 is 5.97 Å². The van der Waals surface area contributed by atoms with Crippen LogP contribution in [-0.2, 0) is 9.53 Å². The van der Waals surface area contributed by atoms with Crippen molar-refractivity contribution in [3.8, 4) is 0 Å². The number of rotatable bonds is 5. The Hall–Kier alpha value is -1.88. The zero-order valence-electron chi connectivity index (χ0n) is 9.24. The van der Waals surface area contributed by atoms with Gasteiger partial charge in [-0.3, -0.25) is 10.8 Å². The van der Waals surface area contributed by atoms with Gasteiger partial charge < -0.3 is 4.74 Å². The van der Waals surface area contributed by atoms with E-state index in [0.717, 1.165) is 6.21 Å². The van der Waals surface area contributed by atoms with Gasteiger partial charge >= 0.3 is 5.97 Å². The van der Waals surface area contributed by atoms with Gasteiger partial charge in [0.25, 0.3) is 0 Å². The number of nitrogens with zero attached hydrogens (tertiary/aromatic N) is 1. The number of anilines is 1. The SMILES string of the molecule is CCOC(=O)C(=N)/C=N\Nc1ccc(Cl)cc1. The van der Waals surface area contributed by atoms with Crippen LogP contribution in [0.3, 0.4) is 0 Å². The van der Waals surface area contributed by atoms with E-state index in [-0.39, 0.29) is 12.3 Å². The van der Waals surface area contributed by atoms with Crippen LogP contribution in [0.2, 0.25) is 5.02 Å². The number of benzene rings is 1. The zero-order chi connectivity index (χ0) is 12.7. The highest BCUT2D eigenvalue weighted by Crippen LogP contribution is 2.12. The number of carbonyl (C=O) groups is 1. The van der Waals surface area contributed by atoms with Crippen LogP contribution in [0.1, 0.15) is 6.92 Å². The summed E-state index contributed by atoms with van der Waals surface area (Å²) < 4.78 is 4.62. The highest BCUT2D eigenvalue weighted by Gasteiger charge is 2.06. The van der Waals surface area contributed by atoms with Crippen LogP contribution in [0.5, 0.6) is 0 Å². The Morgan fingerprint density at radius 1 is 1.53 bits per heavy atom. The number of hydrogen-bond donors (Lipinski definition) is 2. The van der Waals surface area contributed by atoms with Gasteiger partial charge in [0.05, 0.1) is 18.5 Å². The zero-order valence-corrected chi connectivity index (χ0v) is 9.99. The molecule has 0 atom stereocenters. The molecule has 0 aliphatic carbocycles. The lowest BCUT2D eigenvalue weighted by Gasteiger charge is -2.00. The molecule has 90 valence electrons. The first kappa shape index (κ1) is 13.2. The van der Waals surface area contributed by atoms with Crippen LogP contribution in [0.25, 0.3) is 0 Å². The number of carbonyl (C=O) groups excluding carboxylic acids is 1. The minimum Gasteiger partial charge on any atom is -0.461 e. The predicted molar refractivity (Wildman–Crippen MR) is 67.9 cm³/mol. The van der Waals surface area contributed by atoms with Crippen LogP contribution in [0.4, 0.5) is 5.69 Å². The molecule has 0 amide bonds. The van der Waals surface area contributed by atoms with Crippen molar-refractivity contribution in [3.63, 3.8) is 0 Å². The summed E-state index contributed by atoms with van der Waals surface area (Å²) in [4.78, 5) is 11.0. The van der Waals surface area contributed by atoms with Gasteiger partial charge in [-0.2, -0.15) is 5.10 Å². The lowest BCUT2D eigenvalue weighted by molar-refractivity contribution is -0.134. The molecule has 5 nitrogen and oxygen atoms in total. The van der Waals surface area contributed by atoms with Crippen LogP contribution < -0.4 is 5.43 Å². The van der Waals surface area contributed by atoms with Gasteiger partial charge in [0, 0.05) is 5.02 Å². The normalized spacial score (nSPS) is 10.2. The molecule has 0 saturated carbocycles. The third kappa shape index (κ3) is 4.65. The molecule has 17 heavy (non-hydrogen) atoms. The van der Waals surface area contributed by atoms with E-state index in [1.165, 1.54) is 0 Å². The van der Waals surface area contributed by atoms with Crippen molar-refractivity contribution in [2.45, 2.75) is 6.92 Å². The van der Waals surface area contributed by atoms with E-state index >= 15 is 0 Å². The average Bonchev–Trinajstić information content (AvgIpc) is 2.32. The minimum atomic E-state index is -0.700. The quantitative estimate of drug-likeness (QED) is 0.480. The molecule has 0 bridgehead atoms. The Labute approximate surface area is 104 Å². The molecule has 2 N–H and O–H groups in total. The summed E-state index contributed by atoms with van der Waals surface area (Å²) >= 11 is 5.71. The maximum absolute atomic E-state index is 11.0. The molecule has 0 aromatic heterocycles. The number of hydrogen-bond acceptors (Lipinski definition) is 5. The summed E-state index contributed by atoms with van der Waals surface area (Å²) in [5.41, 5.74) is 3.06. The highest BCUT2D eigenvalue weighted by molar-refractivity contribution is 6.58. The van der Waals surface area contributed by atoms with Crippen molar-refractivity contribution < 1.29 is 9.53 Å². The first-order valence-corrected chi connectivity index (χ1v) is 5.31. The summed E-state index contributed by atoms with van der Waals surface area (Å²) in [5.74, 6) is -0.700. The third-order valence-electron chi connectivity index (χ3n) is 1.73. The molecule has 0 saturated heterocycles. The van der Waals surface area contributed by atoms with Gasteiger partial charge in [0.1, 0.15) is 0 Å². The van der Waals surface area contributed by atoms with E-state index in [4.69, 9.17) is 17.0 Å². The molecule has 0 aliphatic rings. The lowest BCUT2D eigenvalue weighted by atomic mass is 10.3. The Kier molecular flexibility index (Phi) is 5.16. The lowest BCUT2D eigenvalue weighted by Crippen LogP contribution is -2.17. The summed E-state index contributed by atoms with van der Waals surface area (Å²) in [7, 11) is 0. The highest BCUT2D eigenvalue weighted by atomic mass is 35.5. The topological polar surface area (TPSA) is 74.5 Å². The van der Waals surface area contributed by atoms with Crippen LogP contribution in [-0.4, -0.2) is 24.5 Å². The first-order valence-electron chi connectivity index (χ1n) is 4.93. The number of ether oxygens (including phenoxy) is 1. The molecule has 0 radical (unpaired) electrons. The van der Waals surface area contributed by atoms with Crippen molar-refractivity contribution in [1.29, 1.82) is 5.41 Å². The fraction of sp³-hybridized carbons (Fsp3) is 0.182. The largest absolute Gasteiger partial charge is 0.461 e. The molecule has 1 aromatic carbocycles. The monoisotopic (exact) mass is 253 g/mol. The standard InChI is InChI=1S/C11H12ClN3O2/c1-2-17-11(16)10(13)7-14-15-9-5-3-8(12)4-6-9/h3-7,13,15H,2H2,1H3/b13-10?,14-7-. The van der Waals surface area contributed by atoms with Gasteiger partial charge in [-0.15, -0.1) is 0 Å². The molecule has 0 fully saturated rings. The van der Waals surface area contributed by atoms with Crippen molar-refractivity contribution >= 4 is 35.2 Å². The van der Waals surface area contributed by atoms with E-state index in [9.17, 15) is 4.79 Å². The Morgan fingerprint density at radius 3 is 2.76 bits per heavy atom. The van der Waals surface area contributed by atoms with E-state index in [0.29, 0.717) is 10.7 Å². The van der Waals surface area contributed by atoms with Gasteiger partial charge in [-0.25, -0.2) is 4.79 Å². The number of esters is 1. The third-order valence-corrected chi connectivity index (χ3v) is 1.98. The van der Waals surface area contributed by atoms with Gasteiger partial charge in [-0.1, -0.05) is 11.6 Å². The van der Waals surface area contributed by atoms with Crippen molar-refractivity contribution in [1.82, 2.24) is 0 Å². The molecular weight excluding hydrogens is 242 g/mol. The molecule has 0 aliphatic heterocycles. The molecule has 0 heterocycles. The molecule has 1 rings (SSSR count). The predicted octanol–water partition coefficient (Wildman–Crippen LogP) is 2.32. The summed E-state index contributed by atoms with van der Waals surface area (Å²) in [5, 5.41) is 11.7. The fourth-order valence-corrected chi connectivity index (χ4v) is 1.08. The van der Waals surface area contributed by atoms with Crippen LogP contribution in [0, 0.1) is 5.41 Å². The molecular formula is C11H12ClN3O2. The smallest absolute Gasteiger partial charge is 0.357 e. The van der Waals surface area contributed by atoms with Gasteiger partial charge in [-0.05, 0) is 31.2 Å². The van der Waals surface area contributed by atoms with E-state index in [2.05, 4.69) is 15.3 Å².